The Kier molecular flexibility index (Phi) is 3.67. The summed E-state index contributed by atoms with van der Waals surface area (Å²) in [5, 5.41) is 11.6. The number of benzene rings is 2. The molecule has 0 saturated carbocycles. The van der Waals surface area contributed by atoms with Gasteiger partial charge in [0.25, 0.3) is 0 Å². The molecule has 0 spiro atoms. The molecule has 1 heterocycles. The minimum Gasteiger partial charge on any atom is -0.324 e. The molecule has 0 amide bonds. The topological polar surface area (TPSA) is 42.7 Å². The predicted octanol–water partition coefficient (Wildman–Crippen LogP) is 4.24. The molecule has 4 heteroatoms. The van der Waals surface area contributed by atoms with Gasteiger partial charge in [0.15, 0.2) is 0 Å². The quantitative estimate of drug-likeness (QED) is 0.785. The van der Waals surface area contributed by atoms with E-state index in [4.69, 9.17) is 0 Å². The summed E-state index contributed by atoms with van der Waals surface area (Å²) in [6.07, 6.45) is 1.73. The second-order valence-corrected chi connectivity index (χ2v) is 5.72. The first kappa shape index (κ1) is 14.3. The molecule has 0 unspecified atom stereocenters. The molecule has 22 heavy (non-hydrogen) atoms. The minimum atomic E-state index is 0.714. The summed E-state index contributed by atoms with van der Waals surface area (Å²) in [6.45, 7) is 8.43. The van der Waals surface area contributed by atoms with Crippen molar-refractivity contribution in [1.82, 2.24) is 14.8 Å². The molecule has 4 nitrogen and oxygen atoms in total. The fourth-order valence-corrected chi connectivity index (χ4v) is 2.33. The summed E-state index contributed by atoms with van der Waals surface area (Å²) in [6, 6.07) is 12.6. The van der Waals surface area contributed by atoms with Gasteiger partial charge >= 0.3 is 0 Å². The van der Waals surface area contributed by atoms with Gasteiger partial charge in [-0.2, -0.15) is 0 Å². The van der Waals surface area contributed by atoms with Crippen molar-refractivity contribution < 1.29 is 0 Å². The van der Waals surface area contributed by atoms with Crippen molar-refractivity contribution in [1.29, 1.82) is 0 Å². The van der Waals surface area contributed by atoms with Crippen LogP contribution >= 0.6 is 0 Å². The predicted molar refractivity (Wildman–Crippen MR) is 90.0 cm³/mol. The van der Waals surface area contributed by atoms with Crippen LogP contribution in [0.5, 0.6) is 0 Å². The van der Waals surface area contributed by atoms with Crippen molar-refractivity contribution in [3.8, 4) is 5.69 Å². The zero-order chi connectivity index (χ0) is 15.7. The van der Waals surface area contributed by atoms with Gasteiger partial charge in [0.1, 0.15) is 6.33 Å². The van der Waals surface area contributed by atoms with Crippen molar-refractivity contribution in [2.24, 2.45) is 0 Å². The van der Waals surface area contributed by atoms with Gasteiger partial charge in [-0.3, -0.25) is 4.57 Å². The Morgan fingerprint density at radius 2 is 1.50 bits per heavy atom. The fraction of sp³-hybridized carbons (Fsp3) is 0.222. The van der Waals surface area contributed by atoms with Gasteiger partial charge in [0, 0.05) is 5.69 Å². The van der Waals surface area contributed by atoms with Gasteiger partial charge in [0.2, 0.25) is 5.95 Å². The normalized spacial score (nSPS) is 10.7. The smallest absolute Gasteiger partial charge is 0.233 e. The van der Waals surface area contributed by atoms with Crippen LogP contribution in [0.2, 0.25) is 0 Å². The number of nitrogens with zero attached hydrogens (tertiary/aromatic N) is 3. The van der Waals surface area contributed by atoms with Gasteiger partial charge in [-0.05, 0) is 74.2 Å². The van der Waals surface area contributed by atoms with E-state index in [1.165, 1.54) is 22.3 Å². The molecule has 0 fully saturated rings. The monoisotopic (exact) mass is 292 g/mol. The molecular weight excluding hydrogens is 272 g/mol. The van der Waals surface area contributed by atoms with Crippen LogP contribution in [0, 0.1) is 27.7 Å². The highest BCUT2D eigenvalue weighted by Gasteiger charge is 2.08. The minimum absolute atomic E-state index is 0.714. The fourth-order valence-electron chi connectivity index (χ4n) is 2.33. The van der Waals surface area contributed by atoms with Crippen LogP contribution in [0.4, 0.5) is 11.6 Å². The van der Waals surface area contributed by atoms with Crippen molar-refractivity contribution in [2.75, 3.05) is 5.32 Å². The number of aromatic nitrogens is 3. The summed E-state index contributed by atoms with van der Waals surface area (Å²) in [5.41, 5.74) is 7.13. The number of hydrogen-bond donors (Lipinski definition) is 1. The Hall–Kier alpha value is -2.62. The highest BCUT2D eigenvalue weighted by atomic mass is 15.3. The Balaban J connectivity index is 1.94. The van der Waals surface area contributed by atoms with Crippen molar-refractivity contribution in [2.45, 2.75) is 27.7 Å². The van der Waals surface area contributed by atoms with Gasteiger partial charge in [-0.15, -0.1) is 10.2 Å². The first-order valence-electron chi connectivity index (χ1n) is 7.36. The molecule has 112 valence electrons. The van der Waals surface area contributed by atoms with E-state index >= 15 is 0 Å². The van der Waals surface area contributed by atoms with E-state index < -0.39 is 0 Å². The molecule has 0 radical (unpaired) electrons. The molecule has 0 aliphatic heterocycles. The summed E-state index contributed by atoms with van der Waals surface area (Å²) in [5.74, 6) is 0.714. The summed E-state index contributed by atoms with van der Waals surface area (Å²) in [4.78, 5) is 0. The maximum atomic E-state index is 4.19. The Morgan fingerprint density at radius 1 is 0.818 bits per heavy atom. The molecule has 0 aliphatic carbocycles. The van der Waals surface area contributed by atoms with E-state index in [2.05, 4.69) is 79.6 Å². The number of anilines is 2. The molecule has 0 atom stereocenters. The van der Waals surface area contributed by atoms with Gasteiger partial charge in [-0.1, -0.05) is 12.1 Å². The van der Waals surface area contributed by atoms with E-state index in [9.17, 15) is 0 Å². The zero-order valence-electron chi connectivity index (χ0n) is 13.4. The number of aryl methyl sites for hydroxylation is 4. The third-order valence-electron chi connectivity index (χ3n) is 4.08. The van der Waals surface area contributed by atoms with E-state index in [1.54, 1.807) is 6.33 Å². The van der Waals surface area contributed by atoms with E-state index in [0.717, 1.165) is 11.4 Å². The SMILES string of the molecule is Cc1ccc(Nc2nncn2-c2ccc(C)c(C)c2)cc1C. The van der Waals surface area contributed by atoms with Gasteiger partial charge in [-0.25, -0.2) is 0 Å². The molecule has 0 bridgehead atoms. The third-order valence-corrected chi connectivity index (χ3v) is 4.08. The molecule has 3 rings (SSSR count). The van der Waals surface area contributed by atoms with Crippen LogP contribution in [0.15, 0.2) is 42.7 Å². The van der Waals surface area contributed by atoms with Crippen molar-refractivity contribution in [3.63, 3.8) is 0 Å². The summed E-state index contributed by atoms with van der Waals surface area (Å²) in [7, 11) is 0. The van der Waals surface area contributed by atoms with Crippen LogP contribution in [0.25, 0.3) is 5.69 Å². The van der Waals surface area contributed by atoms with Gasteiger partial charge in [0.05, 0.1) is 5.69 Å². The zero-order valence-corrected chi connectivity index (χ0v) is 13.4. The molecular formula is C18H20N4. The molecule has 0 aliphatic rings. The van der Waals surface area contributed by atoms with Crippen molar-refractivity contribution in [3.05, 3.63) is 65.0 Å². The highest BCUT2D eigenvalue weighted by molar-refractivity contribution is 5.57. The Bertz CT molecular complexity index is 818. The van der Waals surface area contributed by atoms with Crippen LogP contribution < -0.4 is 5.32 Å². The maximum Gasteiger partial charge on any atom is 0.233 e. The van der Waals surface area contributed by atoms with Crippen LogP contribution in [-0.2, 0) is 0 Å². The number of hydrogen-bond acceptors (Lipinski definition) is 3. The number of rotatable bonds is 3. The van der Waals surface area contributed by atoms with E-state index in [0.29, 0.717) is 5.95 Å². The lowest BCUT2D eigenvalue weighted by Gasteiger charge is -2.11. The summed E-state index contributed by atoms with van der Waals surface area (Å²) >= 11 is 0. The molecule has 1 N–H and O–H groups in total. The number of nitrogens with one attached hydrogen (secondary N) is 1. The average Bonchev–Trinajstić information content (AvgIpc) is 2.94. The molecule has 1 aromatic heterocycles. The highest BCUT2D eigenvalue weighted by Crippen LogP contribution is 2.21. The lowest BCUT2D eigenvalue weighted by Crippen LogP contribution is -2.02. The lowest BCUT2D eigenvalue weighted by molar-refractivity contribution is 1.05. The Labute approximate surface area is 130 Å². The Morgan fingerprint density at radius 3 is 2.18 bits per heavy atom. The average molecular weight is 292 g/mol. The first-order valence-corrected chi connectivity index (χ1v) is 7.36. The summed E-state index contributed by atoms with van der Waals surface area (Å²) < 4.78 is 1.96. The van der Waals surface area contributed by atoms with Crippen LogP contribution in [-0.4, -0.2) is 14.8 Å². The molecule has 3 aromatic rings. The molecule has 0 saturated heterocycles. The van der Waals surface area contributed by atoms with Crippen molar-refractivity contribution >= 4 is 11.6 Å². The largest absolute Gasteiger partial charge is 0.324 e. The van der Waals surface area contributed by atoms with E-state index in [1.807, 2.05) is 4.57 Å². The first-order chi connectivity index (χ1) is 10.5. The van der Waals surface area contributed by atoms with E-state index in [-0.39, 0.29) is 0 Å². The molecule has 2 aromatic carbocycles. The maximum absolute atomic E-state index is 4.19. The standard InChI is InChI=1S/C18H20N4/c1-12-5-7-16(9-14(12)3)20-18-21-19-11-22(18)17-8-6-13(2)15(4)10-17/h5-11H,1-4H3,(H,20,21). The second kappa shape index (κ2) is 5.64. The van der Waals surface area contributed by atoms with Crippen LogP contribution in [0.1, 0.15) is 22.3 Å². The lowest BCUT2D eigenvalue weighted by atomic mass is 10.1. The van der Waals surface area contributed by atoms with Gasteiger partial charge < -0.3 is 5.32 Å². The third kappa shape index (κ3) is 2.72. The second-order valence-electron chi connectivity index (χ2n) is 5.72. The van der Waals surface area contributed by atoms with Crippen LogP contribution in [0.3, 0.4) is 0 Å².